The molecule has 1 amide bonds. The molecule has 0 bridgehead atoms. The lowest BCUT2D eigenvalue weighted by Crippen LogP contribution is -2.48. The van der Waals surface area contributed by atoms with Crippen LogP contribution in [0.3, 0.4) is 0 Å². The van der Waals surface area contributed by atoms with Gasteiger partial charge in [0, 0.05) is 12.6 Å². The van der Waals surface area contributed by atoms with Crippen LogP contribution in [0.1, 0.15) is 133 Å². The summed E-state index contributed by atoms with van der Waals surface area (Å²) in [5.74, 6) is -4.14. The fraction of sp³-hybridized carbons (Fsp3) is 0.643. The molecule has 12 heteroatoms. The number of ether oxygens (including phenoxy) is 1. The van der Waals surface area contributed by atoms with Gasteiger partial charge in [0.05, 0.1) is 6.61 Å². The Kier molecular flexibility index (Phi) is 19.1. The molecule has 0 unspecified atom stereocenters. The topological polar surface area (TPSA) is 112 Å². The summed E-state index contributed by atoms with van der Waals surface area (Å²) in [6.45, 7) is 21.5. The third kappa shape index (κ3) is 15.6. The summed E-state index contributed by atoms with van der Waals surface area (Å²) in [5, 5.41) is 12.0. The van der Waals surface area contributed by atoms with E-state index in [4.69, 9.17) is 14.2 Å². The summed E-state index contributed by atoms with van der Waals surface area (Å²) in [4.78, 5) is 34.5. The van der Waals surface area contributed by atoms with Crippen molar-refractivity contribution in [2.24, 2.45) is 0 Å². The van der Waals surface area contributed by atoms with E-state index in [1.165, 1.54) is 28.4 Å². The van der Waals surface area contributed by atoms with Crippen molar-refractivity contribution in [3.8, 4) is 0 Å². The number of nitrogens with zero attached hydrogens (tertiary/aromatic N) is 2. The van der Waals surface area contributed by atoms with E-state index in [0.717, 1.165) is 63.1 Å². The summed E-state index contributed by atoms with van der Waals surface area (Å²) in [6.07, 6.45) is 16.1. The molecule has 0 aliphatic carbocycles. The molecular weight excluding hydrogens is 709 g/mol. The zero-order chi connectivity index (χ0) is 40.7. The van der Waals surface area contributed by atoms with E-state index in [-0.39, 0.29) is 23.2 Å². The summed E-state index contributed by atoms with van der Waals surface area (Å²) in [6, 6.07) is 1.26. The van der Waals surface area contributed by atoms with Crippen LogP contribution in [0.15, 0.2) is 75.3 Å². The standard InChI is InChI=1S/C42H67F2N3O6Si/c1-30(2)17-14-20-33(5)23-15-21-31(3)18-12-13-19-32(4)22-16-24-34(6)25-26-37(49)45-36-27-28-47(40(50)46-36)39-42(43,44)38(35(29-48)51-39)52-53-54(10,11)41(7,8)9/h17-19,23-24,27-28,35,38-39,48H,12-16,20-22,25-26,29H2,1-11H3,(H,45,46,49,50)/b31-18+,32-19+,33-23+,34-24+/t35-,38-,39-/m1/s1. The molecule has 1 fully saturated rings. The minimum Gasteiger partial charge on any atom is -0.394 e. The van der Waals surface area contributed by atoms with Gasteiger partial charge in [-0.3, -0.25) is 13.9 Å². The van der Waals surface area contributed by atoms with Crippen LogP contribution in [-0.2, 0) is 19.0 Å². The van der Waals surface area contributed by atoms with Gasteiger partial charge >= 0.3 is 11.6 Å². The second-order valence-corrected chi connectivity index (χ2v) is 21.2. The van der Waals surface area contributed by atoms with Gasteiger partial charge < -0.3 is 15.2 Å². The maximum Gasteiger partial charge on any atom is 0.351 e. The maximum atomic E-state index is 15.6. The fourth-order valence-electron chi connectivity index (χ4n) is 5.45. The first kappa shape index (κ1) is 47.1. The van der Waals surface area contributed by atoms with E-state index in [1.807, 2.05) is 40.8 Å². The number of amides is 1. The van der Waals surface area contributed by atoms with Crippen molar-refractivity contribution in [1.82, 2.24) is 9.55 Å². The molecule has 3 atom stereocenters. The molecule has 2 heterocycles. The number of aliphatic hydroxyl groups excluding tert-OH is 1. The summed E-state index contributed by atoms with van der Waals surface area (Å²) >= 11 is 0. The van der Waals surface area contributed by atoms with Crippen LogP contribution < -0.4 is 11.0 Å². The smallest absolute Gasteiger partial charge is 0.351 e. The van der Waals surface area contributed by atoms with Crippen LogP contribution in [0, 0.1) is 0 Å². The van der Waals surface area contributed by atoms with Crippen LogP contribution in [0.2, 0.25) is 18.1 Å². The molecule has 0 aromatic carbocycles. The average Bonchev–Trinajstić information content (AvgIpc) is 3.32. The van der Waals surface area contributed by atoms with Gasteiger partial charge in [0.15, 0.2) is 6.10 Å². The molecule has 1 aliphatic rings. The third-order valence-corrected chi connectivity index (χ3v) is 14.2. The van der Waals surface area contributed by atoms with Crippen molar-refractivity contribution in [2.75, 3.05) is 11.9 Å². The molecule has 0 saturated carbocycles. The van der Waals surface area contributed by atoms with Gasteiger partial charge in [-0.15, -0.1) is 0 Å². The molecule has 2 N–H and O–H groups in total. The zero-order valence-corrected chi connectivity index (χ0v) is 35.7. The Morgan fingerprint density at radius 2 is 1.39 bits per heavy atom. The Bertz CT molecular complexity index is 1580. The molecular formula is C42H67F2N3O6Si. The Morgan fingerprint density at radius 3 is 1.87 bits per heavy atom. The second kappa shape index (κ2) is 21.9. The van der Waals surface area contributed by atoms with Crippen LogP contribution in [0.4, 0.5) is 14.6 Å². The van der Waals surface area contributed by atoms with Crippen LogP contribution in [0.25, 0.3) is 0 Å². The van der Waals surface area contributed by atoms with Gasteiger partial charge in [0.2, 0.25) is 20.5 Å². The van der Waals surface area contributed by atoms with E-state index < -0.39 is 45.0 Å². The number of hydrogen-bond acceptors (Lipinski definition) is 7. The number of halogens is 2. The summed E-state index contributed by atoms with van der Waals surface area (Å²) in [5.41, 5.74) is 5.65. The highest BCUT2D eigenvalue weighted by atomic mass is 28.4. The van der Waals surface area contributed by atoms with Crippen molar-refractivity contribution in [1.29, 1.82) is 0 Å². The lowest BCUT2D eigenvalue weighted by atomic mass is 10.0. The Morgan fingerprint density at radius 1 is 0.889 bits per heavy atom. The maximum absolute atomic E-state index is 15.6. The molecule has 2 rings (SSSR count). The minimum absolute atomic E-state index is 0.0552. The van der Waals surface area contributed by atoms with Gasteiger partial charge in [-0.05, 0) is 124 Å². The third-order valence-electron chi connectivity index (χ3n) is 10.1. The molecule has 1 aromatic rings. The van der Waals surface area contributed by atoms with Gasteiger partial charge in [-0.25, -0.2) is 9.68 Å². The van der Waals surface area contributed by atoms with Crippen LogP contribution in [-0.4, -0.2) is 53.6 Å². The lowest BCUT2D eigenvalue weighted by Gasteiger charge is -2.36. The predicted molar refractivity (Wildman–Crippen MR) is 217 cm³/mol. The molecule has 0 radical (unpaired) electrons. The number of carbonyl (C=O) groups excluding carboxylic acids is 1. The number of nitrogens with one attached hydrogen (secondary N) is 1. The number of rotatable bonds is 21. The highest BCUT2D eigenvalue weighted by Gasteiger charge is 2.62. The van der Waals surface area contributed by atoms with Gasteiger partial charge in [0.25, 0.3) is 0 Å². The highest BCUT2D eigenvalue weighted by molar-refractivity contribution is 6.73. The quantitative estimate of drug-likeness (QED) is 0.0420. The van der Waals surface area contributed by atoms with Gasteiger partial charge in [-0.2, -0.15) is 13.8 Å². The monoisotopic (exact) mass is 775 g/mol. The van der Waals surface area contributed by atoms with E-state index in [0.29, 0.717) is 11.0 Å². The van der Waals surface area contributed by atoms with E-state index in [9.17, 15) is 14.7 Å². The number of aliphatic hydroxyl groups is 1. The van der Waals surface area contributed by atoms with Crippen LogP contribution in [0.5, 0.6) is 0 Å². The van der Waals surface area contributed by atoms with Gasteiger partial charge in [0.1, 0.15) is 11.9 Å². The average molecular weight is 776 g/mol. The second-order valence-electron chi connectivity index (χ2n) is 16.5. The molecule has 304 valence electrons. The van der Waals surface area contributed by atoms with Gasteiger partial charge in [-0.1, -0.05) is 79.0 Å². The SMILES string of the molecule is CC(C)=CCC/C(C)=C/CC/C(C)=C/CC/C=C(\C)CC/C=C(\C)CCC(=O)Nc1ccn([C@@H]2O[C@H](CO)[C@@H](OO[Si](C)(C)C(C)(C)C)C2(F)F)c(=O)n1. The summed E-state index contributed by atoms with van der Waals surface area (Å²) in [7, 11) is -2.58. The highest BCUT2D eigenvalue weighted by Crippen LogP contribution is 2.45. The number of carbonyl (C=O) groups is 1. The first-order valence-corrected chi connectivity index (χ1v) is 22.2. The van der Waals surface area contributed by atoms with Crippen LogP contribution >= 0.6 is 0 Å². The van der Waals surface area contributed by atoms with Crippen molar-refractivity contribution in [3.05, 3.63) is 81.0 Å². The molecule has 0 spiro atoms. The number of unbranched alkanes of at least 4 members (excludes halogenated alkanes) is 1. The number of anilines is 1. The number of allylic oxidation sites excluding steroid dienone is 10. The largest absolute Gasteiger partial charge is 0.394 e. The van der Waals surface area contributed by atoms with E-state index in [2.05, 4.69) is 75.3 Å². The van der Waals surface area contributed by atoms with Crippen molar-refractivity contribution >= 4 is 20.0 Å². The molecule has 9 nitrogen and oxygen atoms in total. The molecule has 54 heavy (non-hydrogen) atoms. The Labute approximate surface area is 323 Å². The Hall–Kier alpha value is -3.03. The molecule has 1 saturated heterocycles. The fourth-order valence-corrected chi connectivity index (χ4v) is 6.05. The number of alkyl halides is 2. The Balaban J connectivity index is 1.81. The van der Waals surface area contributed by atoms with Crippen molar-refractivity contribution in [2.45, 2.75) is 169 Å². The molecule has 1 aliphatic heterocycles. The minimum atomic E-state index is -3.73. The van der Waals surface area contributed by atoms with Crippen molar-refractivity contribution in [3.63, 3.8) is 0 Å². The lowest BCUT2D eigenvalue weighted by molar-refractivity contribution is -0.306. The normalized spacial score (nSPS) is 20.0. The predicted octanol–water partition coefficient (Wildman–Crippen LogP) is 10.7. The molecule has 1 aromatic heterocycles. The zero-order valence-electron chi connectivity index (χ0n) is 34.7. The van der Waals surface area contributed by atoms with E-state index >= 15 is 8.78 Å². The number of aromatic nitrogens is 2. The first-order valence-electron chi connectivity index (χ1n) is 19.3. The summed E-state index contributed by atoms with van der Waals surface area (Å²) < 4.78 is 42.7. The van der Waals surface area contributed by atoms with E-state index in [1.54, 1.807) is 0 Å². The van der Waals surface area contributed by atoms with Crippen molar-refractivity contribution < 1.29 is 32.9 Å². The number of hydrogen-bond donors (Lipinski definition) is 2. The first-order chi connectivity index (χ1) is 25.2.